The number of carbonyl (C=O) groups is 4. The van der Waals surface area contributed by atoms with Crippen LogP contribution in [0.3, 0.4) is 0 Å². The molecule has 8 heteroatoms. The van der Waals surface area contributed by atoms with E-state index in [1.807, 2.05) is 13.8 Å². The van der Waals surface area contributed by atoms with Crippen LogP contribution in [-0.2, 0) is 9.59 Å². The number of para-hydroxylation sites is 1. The van der Waals surface area contributed by atoms with Crippen molar-refractivity contribution in [3.05, 3.63) is 29.8 Å². The third-order valence-corrected chi connectivity index (χ3v) is 5.44. The Morgan fingerprint density at radius 3 is 2.57 bits per heavy atom. The van der Waals surface area contributed by atoms with E-state index in [1.165, 1.54) is 0 Å². The molecular formula is C20H26N4O4. The maximum absolute atomic E-state index is 12.7. The van der Waals surface area contributed by atoms with Gasteiger partial charge in [-0.25, -0.2) is 4.79 Å². The van der Waals surface area contributed by atoms with E-state index in [-0.39, 0.29) is 24.4 Å². The minimum Gasteiger partial charge on any atom is -0.350 e. The summed E-state index contributed by atoms with van der Waals surface area (Å²) in [5.41, 5.74) is -0.164. The van der Waals surface area contributed by atoms with Crippen LogP contribution in [0.25, 0.3) is 0 Å². The van der Waals surface area contributed by atoms with Crippen molar-refractivity contribution in [2.75, 3.05) is 11.9 Å². The van der Waals surface area contributed by atoms with E-state index in [4.69, 9.17) is 0 Å². The number of urea groups is 1. The van der Waals surface area contributed by atoms with Crippen molar-refractivity contribution in [2.24, 2.45) is 0 Å². The monoisotopic (exact) mass is 386 g/mol. The minimum absolute atomic E-state index is 0.00442. The Morgan fingerprint density at radius 2 is 1.89 bits per heavy atom. The number of imide groups is 1. The molecular weight excluding hydrogens is 360 g/mol. The van der Waals surface area contributed by atoms with Gasteiger partial charge in [-0.05, 0) is 38.3 Å². The molecule has 3 N–H and O–H groups in total. The van der Waals surface area contributed by atoms with Gasteiger partial charge in [0.25, 0.3) is 11.8 Å². The summed E-state index contributed by atoms with van der Waals surface area (Å²) in [6.07, 6.45) is 3.76. The Kier molecular flexibility index (Phi) is 5.67. The highest BCUT2D eigenvalue weighted by atomic mass is 16.2. The van der Waals surface area contributed by atoms with Crippen molar-refractivity contribution in [3.8, 4) is 0 Å². The number of hydrogen-bond donors (Lipinski definition) is 3. The molecule has 1 heterocycles. The van der Waals surface area contributed by atoms with Crippen LogP contribution < -0.4 is 16.0 Å². The zero-order chi connectivity index (χ0) is 20.3. The fourth-order valence-corrected chi connectivity index (χ4v) is 3.66. The van der Waals surface area contributed by atoms with Gasteiger partial charge in [-0.2, -0.15) is 0 Å². The average Bonchev–Trinajstić information content (AvgIpc) is 3.23. The van der Waals surface area contributed by atoms with Crippen molar-refractivity contribution in [1.82, 2.24) is 15.5 Å². The number of benzene rings is 1. The van der Waals surface area contributed by atoms with E-state index >= 15 is 0 Å². The van der Waals surface area contributed by atoms with Crippen molar-refractivity contribution in [1.29, 1.82) is 0 Å². The molecule has 8 nitrogen and oxygen atoms in total. The Bertz CT molecular complexity index is 801. The number of nitrogens with one attached hydrogen (secondary N) is 3. The van der Waals surface area contributed by atoms with Gasteiger partial charge >= 0.3 is 6.03 Å². The van der Waals surface area contributed by atoms with Crippen LogP contribution in [0.2, 0.25) is 0 Å². The number of rotatable bonds is 6. The number of amides is 5. The minimum atomic E-state index is -0.842. The molecule has 1 atom stereocenters. The Morgan fingerprint density at radius 1 is 1.21 bits per heavy atom. The normalized spacial score (nSPS) is 18.9. The van der Waals surface area contributed by atoms with Gasteiger partial charge < -0.3 is 16.0 Å². The molecule has 3 rings (SSSR count). The van der Waals surface area contributed by atoms with Crippen LogP contribution >= 0.6 is 0 Å². The molecule has 1 aliphatic carbocycles. The molecule has 1 aromatic carbocycles. The van der Waals surface area contributed by atoms with E-state index in [0.29, 0.717) is 24.1 Å². The topological polar surface area (TPSA) is 108 Å². The van der Waals surface area contributed by atoms with Crippen molar-refractivity contribution >= 4 is 29.4 Å². The first-order valence-electron chi connectivity index (χ1n) is 9.70. The molecule has 2 fully saturated rings. The van der Waals surface area contributed by atoms with Crippen molar-refractivity contribution in [2.45, 2.75) is 57.5 Å². The molecule has 0 aromatic heterocycles. The van der Waals surface area contributed by atoms with Gasteiger partial charge in [-0.3, -0.25) is 19.3 Å². The van der Waals surface area contributed by atoms with Gasteiger partial charge in [0.2, 0.25) is 5.91 Å². The number of nitrogens with zero attached hydrogens (tertiary/aromatic N) is 1. The van der Waals surface area contributed by atoms with Crippen molar-refractivity contribution in [3.63, 3.8) is 0 Å². The molecule has 1 spiro atoms. The molecule has 150 valence electrons. The first-order chi connectivity index (χ1) is 13.4. The largest absolute Gasteiger partial charge is 0.350 e. The number of hydrogen-bond acceptors (Lipinski definition) is 4. The second kappa shape index (κ2) is 8.00. The molecule has 1 aliphatic heterocycles. The lowest BCUT2D eigenvalue weighted by Crippen LogP contribution is -2.44. The van der Waals surface area contributed by atoms with Crippen LogP contribution in [-0.4, -0.2) is 46.8 Å². The third kappa shape index (κ3) is 3.85. The van der Waals surface area contributed by atoms with Gasteiger partial charge in [0.15, 0.2) is 0 Å². The summed E-state index contributed by atoms with van der Waals surface area (Å²) < 4.78 is 0. The van der Waals surface area contributed by atoms with Gasteiger partial charge in [0, 0.05) is 6.04 Å². The van der Waals surface area contributed by atoms with Gasteiger partial charge in [-0.15, -0.1) is 0 Å². The van der Waals surface area contributed by atoms with E-state index in [2.05, 4.69) is 16.0 Å². The summed E-state index contributed by atoms with van der Waals surface area (Å²) in [7, 11) is 0. The first-order valence-corrected chi connectivity index (χ1v) is 9.70. The molecule has 1 saturated heterocycles. The Hall–Kier alpha value is -2.90. The maximum atomic E-state index is 12.7. The summed E-state index contributed by atoms with van der Waals surface area (Å²) in [6, 6.07) is 6.12. The molecule has 2 aliphatic rings. The zero-order valence-electron chi connectivity index (χ0n) is 16.2. The maximum Gasteiger partial charge on any atom is 0.325 e. The Balaban J connectivity index is 1.68. The number of carbonyl (C=O) groups excluding carboxylic acids is 4. The first kappa shape index (κ1) is 19.9. The second-order valence-electron chi connectivity index (χ2n) is 7.49. The smallest absolute Gasteiger partial charge is 0.325 e. The van der Waals surface area contributed by atoms with Gasteiger partial charge in [0.05, 0.1) is 11.3 Å². The fourth-order valence-electron chi connectivity index (χ4n) is 3.66. The lowest BCUT2D eigenvalue weighted by Gasteiger charge is -2.20. The zero-order valence-corrected chi connectivity index (χ0v) is 16.2. The van der Waals surface area contributed by atoms with E-state index < -0.39 is 17.5 Å². The highest BCUT2D eigenvalue weighted by Crippen LogP contribution is 2.34. The van der Waals surface area contributed by atoms with Crippen LogP contribution in [0.4, 0.5) is 10.5 Å². The average molecular weight is 386 g/mol. The highest BCUT2D eigenvalue weighted by Gasteiger charge is 2.52. The third-order valence-electron chi connectivity index (χ3n) is 5.44. The molecule has 0 bridgehead atoms. The quantitative estimate of drug-likeness (QED) is 0.650. The molecule has 5 amide bonds. The van der Waals surface area contributed by atoms with Crippen LogP contribution in [0, 0.1) is 0 Å². The van der Waals surface area contributed by atoms with Crippen LogP contribution in [0.1, 0.15) is 56.3 Å². The van der Waals surface area contributed by atoms with Gasteiger partial charge in [-0.1, -0.05) is 31.9 Å². The van der Waals surface area contributed by atoms with Crippen LogP contribution in [0.5, 0.6) is 0 Å². The molecule has 1 saturated carbocycles. The summed E-state index contributed by atoms with van der Waals surface area (Å²) >= 11 is 0. The molecule has 1 unspecified atom stereocenters. The van der Waals surface area contributed by atoms with E-state index in [9.17, 15) is 19.2 Å². The highest BCUT2D eigenvalue weighted by molar-refractivity contribution is 6.11. The van der Waals surface area contributed by atoms with Gasteiger partial charge in [0.1, 0.15) is 12.1 Å². The molecule has 0 radical (unpaired) electrons. The van der Waals surface area contributed by atoms with Crippen LogP contribution in [0.15, 0.2) is 24.3 Å². The molecule has 1 aromatic rings. The van der Waals surface area contributed by atoms with E-state index in [1.54, 1.807) is 24.3 Å². The standard InChI is InChI=1S/C20H26N4O4/c1-3-13(2)21-17(26)14-8-4-5-9-15(14)22-16(25)12-24-18(27)20(23-19(24)28)10-6-7-11-20/h4-5,8-9,13H,3,6-7,10-12H2,1-2H3,(H,21,26)(H,22,25)(H,23,28). The van der Waals surface area contributed by atoms with Crippen molar-refractivity contribution < 1.29 is 19.2 Å². The summed E-state index contributed by atoms with van der Waals surface area (Å²) in [6.45, 7) is 3.48. The van der Waals surface area contributed by atoms with E-state index in [0.717, 1.165) is 24.2 Å². The SMILES string of the molecule is CCC(C)NC(=O)c1ccccc1NC(=O)CN1C(=O)NC2(CCCC2)C1=O. The summed E-state index contributed by atoms with van der Waals surface area (Å²) in [5, 5.41) is 8.27. The lowest BCUT2D eigenvalue weighted by molar-refractivity contribution is -0.133. The summed E-state index contributed by atoms with van der Waals surface area (Å²) in [5.74, 6) is -1.15. The second-order valence-corrected chi connectivity index (χ2v) is 7.49. The number of anilines is 1. The fraction of sp³-hybridized carbons (Fsp3) is 0.500. The summed E-state index contributed by atoms with van der Waals surface area (Å²) in [4.78, 5) is 50.8. The lowest BCUT2D eigenvalue weighted by atomic mass is 9.98. The predicted octanol–water partition coefficient (Wildman–Crippen LogP) is 2.02. The Labute approximate surface area is 164 Å². The molecule has 28 heavy (non-hydrogen) atoms. The predicted molar refractivity (Wildman–Crippen MR) is 104 cm³/mol.